The quantitative estimate of drug-likeness (QED) is 0.719. The molecule has 0 fully saturated rings. The number of aromatic nitrogens is 1. The van der Waals surface area contributed by atoms with Crippen molar-refractivity contribution >= 4 is 22.6 Å². The van der Waals surface area contributed by atoms with Gasteiger partial charge in [0.2, 0.25) is 0 Å². The standard InChI is InChI=1S/C15H11F2IN2O2/c1-2-20-13(4-3-12(18)15(20)21)14-10(16)7-9(8-11(14)17)22-6-5-19/h3-4,7-8H,2,6H2,1H3. The molecular formula is C15H11F2IN2O2. The fourth-order valence-corrected chi connectivity index (χ4v) is 2.55. The summed E-state index contributed by atoms with van der Waals surface area (Å²) in [6, 6.07) is 6.74. The van der Waals surface area contributed by atoms with Crippen molar-refractivity contribution < 1.29 is 13.5 Å². The number of pyridine rings is 1. The molecule has 0 N–H and O–H groups in total. The minimum Gasteiger partial charge on any atom is -0.479 e. The summed E-state index contributed by atoms with van der Waals surface area (Å²) in [4.78, 5) is 12.1. The summed E-state index contributed by atoms with van der Waals surface area (Å²) in [5, 5.41) is 8.42. The monoisotopic (exact) mass is 416 g/mol. The van der Waals surface area contributed by atoms with Gasteiger partial charge in [0.25, 0.3) is 5.56 Å². The highest BCUT2D eigenvalue weighted by Crippen LogP contribution is 2.29. The molecule has 0 bridgehead atoms. The highest BCUT2D eigenvalue weighted by atomic mass is 127. The topological polar surface area (TPSA) is 55.0 Å². The van der Waals surface area contributed by atoms with E-state index in [0.717, 1.165) is 12.1 Å². The third-order valence-corrected chi connectivity index (χ3v) is 3.84. The Balaban J connectivity index is 2.62. The van der Waals surface area contributed by atoms with Crippen molar-refractivity contribution in [2.75, 3.05) is 6.61 Å². The van der Waals surface area contributed by atoms with Gasteiger partial charge in [0.15, 0.2) is 6.61 Å². The lowest BCUT2D eigenvalue weighted by molar-refractivity contribution is 0.363. The zero-order valence-corrected chi connectivity index (χ0v) is 13.7. The van der Waals surface area contributed by atoms with Crippen LogP contribution in [-0.2, 0) is 6.54 Å². The first kappa shape index (κ1) is 16.4. The van der Waals surface area contributed by atoms with E-state index in [1.54, 1.807) is 13.0 Å². The first-order chi connectivity index (χ1) is 10.5. The van der Waals surface area contributed by atoms with Crippen LogP contribution in [0, 0.1) is 26.5 Å². The lowest BCUT2D eigenvalue weighted by Gasteiger charge is -2.14. The number of rotatable bonds is 4. The van der Waals surface area contributed by atoms with Gasteiger partial charge in [-0.25, -0.2) is 8.78 Å². The molecule has 1 aromatic carbocycles. The van der Waals surface area contributed by atoms with Crippen molar-refractivity contribution in [3.8, 4) is 23.1 Å². The van der Waals surface area contributed by atoms with E-state index >= 15 is 0 Å². The predicted molar refractivity (Wildman–Crippen MR) is 85.6 cm³/mol. The molecule has 22 heavy (non-hydrogen) atoms. The molecule has 0 atom stereocenters. The molecule has 0 radical (unpaired) electrons. The van der Waals surface area contributed by atoms with Gasteiger partial charge < -0.3 is 9.30 Å². The second-order valence-corrected chi connectivity index (χ2v) is 5.49. The normalized spacial score (nSPS) is 10.3. The molecule has 0 aliphatic rings. The predicted octanol–water partition coefficient (Wildman–Crippen LogP) is 3.32. The van der Waals surface area contributed by atoms with E-state index < -0.39 is 11.6 Å². The Labute approximate surface area is 139 Å². The van der Waals surface area contributed by atoms with Crippen LogP contribution in [0.3, 0.4) is 0 Å². The van der Waals surface area contributed by atoms with Crippen molar-refractivity contribution in [2.24, 2.45) is 0 Å². The van der Waals surface area contributed by atoms with Crippen LogP contribution < -0.4 is 10.3 Å². The molecule has 4 nitrogen and oxygen atoms in total. The van der Waals surface area contributed by atoms with Crippen molar-refractivity contribution in [1.29, 1.82) is 5.26 Å². The number of halogens is 3. The summed E-state index contributed by atoms with van der Waals surface area (Å²) in [6.45, 7) is 1.71. The van der Waals surface area contributed by atoms with Crippen LogP contribution in [0.25, 0.3) is 11.3 Å². The summed E-state index contributed by atoms with van der Waals surface area (Å²) in [6.07, 6.45) is 0. The van der Waals surface area contributed by atoms with Crippen LogP contribution in [-0.4, -0.2) is 11.2 Å². The van der Waals surface area contributed by atoms with Crippen LogP contribution in [0.15, 0.2) is 29.1 Å². The zero-order chi connectivity index (χ0) is 16.3. The van der Waals surface area contributed by atoms with E-state index in [9.17, 15) is 13.6 Å². The van der Waals surface area contributed by atoms with Crippen LogP contribution in [0.4, 0.5) is 8.78 Å². The Hall–Kier alpha value is -1.95. The Bertz CT molecular complexity index is 789. The maximum atomic E-state index is 14.3. The van der Waals surface area contributed by atoms with Crippen molar-refractivity contribution in [3.05, 3.63) is 49.8 Å². The Morgan fingerprint density at radius 2 is 1.95 bits per heavy atom. The molecule has 114 valence electrons. The molecule has 0 aliphatic carbocycles. The Kier molecular flexibility index (Phi) is 5.13. The van der Waals surface area contributed by atoms with Crippen LogP contribution >= 0.6 is 22.6 Å². The van der Waals surface area contributed by atoms with Crippen molar-refractivity contribution in [3.63, 3.8) is 0 Å². The molecular weight excluding hydrogens is 405 g/mol. The smallest absolute Gasteiger partial charge is 0.264 e. The van der Waals surface area contributed by atoms with E-state index in [2.05, 4.69) is 0 Å². The lowest BCUT2D eigenvalue weighted by Crippen LogP contribution is -2.23. The summed E-state index contributed by atoms with van der Waals surface area (Å²) < 4.78 is 35.2. The summed E-state index contributed by atoms with van der Waals surface area (Å²) >= 11 is 1.88. The molecule has 7 heteroatoms. The molecule has 0 saturated heterocycles. The van der Waals surface area contributed by atoms with Gasteiger partial charge in [-0.15, -0.1) is 0 Å². The zero-order valence-electron chi connectivity index (χ0n) is 11.6. The SMILES string of the molecule is CCn1c(-c2c(F)cc(OCC#N)cc2F)ccc(I)c1=O. The van der Waals surface area contributed by atoms with Gasteiger partial charge in [0.1, 0.15) is 23.5 Å². The first-order valence-corrected chi connectivity index (χ1v) is 7.46. The van der Waals surface area contributed by atoms with Gasteiger partial charge in [0.05, 0.1) is 14.8 Å². The van der Waals surface area contributed by atoms with Gasteiger partial charge >= 0.3 is 0 Å². The molecule has 0 spiro atoms. The van der Waals surface area contributed by atoms with E-state index in [0.29, 0.717) is 3.57 Å². The molecule has 0 unspecified atom stereocenters. The van der Waals surface area contributed by atoms with E-state index in [-0.39, 0.29) is 35.7 Å². The van der Waals surface area contributed by atoms with Crippen LogP contribution in [0.2, 0.25) is 0 Å². The summed E-state index contributed by atoms with van der Waals surface area (Å²) in [5.74, 6) is -1.78. The Morgan fingerprint density at radius 3 is 2.50 bits per heavy atom. The molecule has 2 rings (SSSR count). The second-order valence-electron chi connectivity index (χ2n) is 4.32. The van der Waals surface area contributed by atoms with Gasteiger partial charge in [-0.05, 0) is 41.6 Å². The molecule has 1 aromatic heterocycles. The van der Waals surface area contributed by atoms with Crippen molar-refractivity contribution in [2.45, 2.75) is 13.5 Å². The number of hydrogen-bond donors (Lipinski definition) is 0. The van der Waals surface area contributed by atoms with Gasteiger partial charge in [-0.1, -0.05) is 0 Å². The summed E-state index contributed by atoms with van der Waals surface area (Å²) in [7, 11) is 0. The average Bonchev–Trinajstić information content (AvgIpc) is 2.48. The second kappa shape index (κ2) is 6.87. The number of ether oxygens (including phenoxy) is 1. The summed E-state index contributed by atoms with van der Waals surface area (Å²) in [5.41, 5.74) is -0.432. The largest absolute Gasteiger partial charge is 0.479 e. The minimum absolute atomic E-state index is 0.0730. The Morgan fingerprint density at radius 1 is 1.32 bits per heavy atom. The highest BCUT2D eigenvalue weighted by molar-refractivity contribution is 14.1. The molecule has 1 heterocycles. The maximum Gasteiger partial charge on any atom is 0.264 e. The molecule has 0 saturated carbocycles. The van der Waals surface area contributed by atoms with E-state index in [4.69, 9.17) is 10.00 Å². The molecule has 2 aromatic rings. The number of nitriles is 1. The maximum absolute atomic E-state index is 14.3. The number of hydrogen-bond acceptors (Lipinski definition) is 3. The van der Waals surface area contributed by atoms with Crippen molar-refractivity contribution in [1.82, 2.24) is 4.57 Å². The minimum atomic E-state index is -0.851. The van der Waals surface area contributed by atoms with Gasteiger partial charge in [-0.3, -0.25) is 4.79 Å². The number of benzene rings is 1. The molecule has 0 aliphatic heterocycles. The lowest BCUT2D eigenvalue weighted by atomic mass is 10.1. The van der Waals surface area contributed by atoms with Gasteiger partial charge in [-0.2, -0.15) is 5.26 Å². The fourth-order valence-electron chi connectivity index (χ4n) is 2.08. The first-order valence-electron chi connectivity index (χ1n) is 6.38. The van der Waals surface area contributed by atoms with Gasteiger partial charge in [0, 0.05) is 18.7 Å². The average molecular weight is 416 g/mol. The highest BCUT2D eigenvalue weighted by Gasteiger charge is 2.18. The van der Waals surface area contributed by atoms with E-state index in [1.807, 2.05) is 22.6 Å². The third-order valence-electron chi connectivity index (χ3n) is 3.02. The van der Waals surface area contributed by atoms with E-state index in [1.165, 1.54) is 16.7 Å². The third kappa shape index (κ3) is 3.11. The van der Waals surface area contributed by atoms with Crippen LogP contribution in [0.5, 0.6) is 5.75 Å². The molecule has 0 amide bonds. The van der Waals surface area contributed by atoms with Crippen LogP contribution in [0.1, 0.15) is 6.92 Å². The number of nitrogens with zero attached hydrogens (tertiary/aromatic N) is 2. The fraction of sp³-hybridized carbons (Fsp3) is 0.200.